The van der Waals surface area contributed by atoms with E-state index in [0.29, 0.717) is 31.7 Å². The summed E-state index contributed by atoms with van der Waals surface area (Å²) < 4.78 is 5.63. The maximum Gasteiger partial charge on any atom is 0.253 e. The van der Waals surface area contributed by atoms with E-state index < -0.39 is 0 Å². The molecule has 2 amide bonds. The van der Waals surface area contributed by atoms with E-state index in [4.69, 9.17) is 4.74 Å². The summed E-state index contributed by atoms with van der Waals surface area (Å²) in [5.74, 6) is 0.837. The number of benzene rings is 1. The summed E-state index contributed by atoms with van der Waals surface area (Å²) >= 11 is 0. The molecule has 1 heterocycles. The summed E-state index contributed by atoms with van der Waals surface area (Å²) in [4.78, 5) is 28.9. The molecule has 0 aromatic heterocycles. The molecule has 1 saturated heterocycles. The van der Waals surface area contributed by atoms with E-state index in [0.717, 1.165) is 18.7 Å². The SMILES string of the molecule is CC(C)Oc1ccc(C(=O)N2CCCN(CC(=O)NC(C)(C)C)CC2)cc1. The number of amides is 2. The fourth-order valence-electron chi connectivity index (χ4n) is 3.12. The molecule has 0 radical (unpaired) electrons. The first-order chi connectivity index (χ1) is 12.6. The third-order valence-electron chi connectivity index (χ3n) is 4.23. The van der Waals surface area contributed by atoms with Crippen LogP contribution in [0.5, 0.6) is 5.75 Å². The molecule has 1 aromatic carbocycles. The van der Waals surface area contributed by atoms with Crippen LogP contribution in [0.4, 0.5) is 0 Å². The fourth-order valence-corrected chi connectivity index (χ4v) is 3.12. The molecule has 0 unspecified atom stereocenters. The van der Waals surface area contributed by atoms with Crippen molar-refractivity contribution in [3.8, 4) is 5.75 Å². The van der Waals surface area contributed by atoms with E-state index >= 15 is 0 Å². The third kappa shape index (κ3) is 7.21. The van der Waals surface area contributed by atoms with Gasteiger partial charge in [0.05, 0.1) is 12.6 Å². The van der Waals surface area contributed by atoms with Gasteiger partial charge in [0, 0.05) is 37.3 Å². The van der Waals surface area contributed by atoms with Crippen molar-refractivity contribution < 1.29 is 14.3 Å². The minimum Gasteiger partial charge on any atom is -0.491 e. The van der Waals surface area contributed by atoms with Gasteiger partial charge in [-0.2, -0.15) is 0 Å². The van der Waals surface area contributed by atoms with E-state index in [1.807, 2.05) is 63.8 Å². The van der Waals surface area contributed by atoms with Gasteiger partial charge in [0.2, 0.25) is 5.91 Å². The molecule has 1 aromatic rings. The highest BCUT2D eigenvalue weighted by atomic mass is 16.5. The Morgan fingerprint density at radius 2 is 1.74 bits per heavy atom. The van der Waals surface area contributed by atoms with Crippen LogP contribution in [0.1, 0.15) is 51.4 Å². The highest BCUT2D eigenvalue weighted by Gasteiger charge is 2.22. The molecule has 150 valence electrons. The number of hydrogen-bond acceptors (Lipinski definition) is 4. The number of carbonyl (C=O) groups is 2. The third-order valence-corrected chi connectivity index (χ3v) is 4.23. The fraction of sp³-hybridized carbons (Fsp3) is 0.619. The lowest BCUT2D eigenvalue weighted by Gasteiger charge is -2.25. The van der Waals surface area contributed by atoms with Crippen molar-refractivity contribution >= 4 is 11.8 Å². The molecule has 27 heavy (non-hydrogen) atoms. The standard InChI is InChI=1S/C21H33N3O3/c1-16(2)27-18-9-7-17(8-10-18)20(26)24-12-6-11-23(13-14-24)15-19(25)22-21(3,4)5/h7-10,16H,6,11-15H2,1-5H3,(H,22,25). The molecule has 0 bridgehead atoms. The molecule has 6 nitrogen and oxygen atoms in total. The van der Waals surface area contributed by atoms with Crippen molar-refractivity contribution in [2.45, 2.75) is 52.7 Å². The summed E-state index contributed by atoms with van der Waals surface area (Å²) in [6.07, 6.45) is 0.974. The van der Waals surface area contributed by atoms with Crippen molar-refractivity contribution in [3.63, 3.8) is 0 Å². The predicted molar refractivity (Wildman–Crippen MR) is 107 cm³/mol. The largest absolute Gasteiger partial charge is 0.491 e. The molecule has 1 fully saturated rings. The molecule has 1 aliphatic heterocycles. The maximum absolute atomic E-state index is 12.8. The van der Waals surface area contributed by atoms with Crippen molar-refractivity contribution in [1.29, 1.82) is 0 Å². The van der Waals surface area contributed by atoms with Gasteiger partial charge in [-0.3, -0.25) is 14.5 Å². The summed E-state index contributed by atoms with van der Waals surface area (Å²) in [6.45, 7) is 13.1. The highest BCUT2D eigenvalue weighted by Crippen LogP contribution is 2.16. The van der Waals surface area contributed by atoms with Crippen LogP contribution >= 0.6 is 0 Å². The van der Waals surface area contributed by atoms with Crippen molar-refractivity contribution in [3.05, 3.63) is 29.8 Å². The molecule has 2 rings (SSSR count). The van der Waals surface area contributed by atoms with E-state index in [1.165, 1.54) is 0 Å². The first kappa shape index (κ1) is 21.2. The van der Waals surface area contributed by atoms with E-state index in [9.17, 15) is 9.59 Å². The first-order valence-electron chi connectivity index (χ1n) is 9.73. The van der Waals surface area contributed by atoms with Gasteiger partial charge in [0.15, 0.2) is 0 Å². The van der Waals surface area contributed by atoms with Crippen LogP contribution in [-0.2, 0) is 4.79 Å². The Kier molecular flexibility index (Phi) is 7.25. The zero-order valence-corrected chi connectivity index (χ0v) is 17.2. The predicted octanol–water partition coefficient (Wildman–Crippen LogP) is 2.54. The van der Waals surface area contributed by atoms with Gasteiger partial charge >= 0.3 is 0 Å². The molecule has 0 aliphatic carbocycles. The lowest BCUT2D eigenvalue weighted by Crippen LogP contribution is -2.46. The molecule has 0 saturated carbocycles. The summed E-state index contributed by atoms with van der Waals surface area (Å²) in [6, 6.07) is 7.32. The van der Waals surface area contributed by atoms with Gasteiger partial charge in [-0.05, 0) is 65.3 Å². The second kappa shape index (κ2) is 9.22. The van der Waals surface area contributed by atoms with Gasteiger partial charge in [0.1, 0.15) is 5.75 Å². The van der Waals surface area contributed by atoms with Crippen LogP contribution < -0.4 is 10.1 Å². The van der Waals surface area contributed by atoms with Crippen LogP contribution in [0, 0.1) is 0 Å². The second-order valence-electron chi connectivity index (χ2n) is 8.41. The molecule has 1 N–H and O–H groups in total. The van der Waals surface area contributed by atoms with Crippen molar-refractivity contribution in [1.82, 2.24) is 15.1 Å². The summed E-state index contributed by atoms with van der Waals surface area (Å²) in [5.41, 5.74) is 0.446. The summed E-state index contributed by atoms with van der Waals surface area (Å²) in [7, 11) is 0. The zero-order chi connectivity index (χ0) is 20.0. The maximum atomic E-state index is 12.8. The van der Waals surface area contributed by atoms with Crippen molar-refractivity contribution in [2.75, 3.05) is 32.7 Å². The van der Waals surface area contributed by atoms with E-state index in [2.05, 4.69) is 10.2 Å². The number of ether oxygens (including phenoxy) is 1. The quantitative estimate of drug-likeness (QED) is 0.859. The monoisotopic (exact) mass is 375 g/mol. The lowest BCUT2D eigenvalue weighted by molar-refractivity contribution is -0.123. The van der Waals surface area contributed by atoms with Gasteiger partial charge in [-0.15, -0.1) is 0 Å². The number of carbonyl (C=O) groups excluding carboxylic acids is 2. The smallest absolute Gasteiger partial charge is 0.253 e. The van der Waals surface area contributed by atoms with Crippen LogP contribution in [-0.4, -0.2) is 66.0 Å². The van der Waals surface area contributed by atoms with Crippen LogP contribution in [0.2, 0.25) is 0 Å². The average Bonchev–Trinajstić information content (AvgIpc) is 2.78. The first-order valence-corrected chi connectivity index (χ1v) is 9.73. The minimum atomic E-state index is -0.226. The molecule has 6 heteroatoms. The minimum absolute atomic E-state index is 0.0306. The Balaban J connectivity index is 1.89. The Hall–Kier alpha value is -2.08. The Labute approximate surface area is 162 Å². The van der Waals surface area contributed by atoms with Gasteiger partial charge < -0.3 is 15.0 Å². The molecule has 0 spiro atoms. The van der Waals surface area contributed by atoms with Gasteiger partial charge in [-0.1, -0.05) is 0 Å². The average molecular weight is 376 g/mol. The Bertz CT molecular complexity index is 635. The lowest BCUT2D eigenvalue weighted by atomic mass is 10.1. The zero-order valence-electron chi connectivity index (χ0n) is 17.2. The second-order valence-corrected chi connectivity index (χ2v) is 8.41. The van der Waals surface area contributed by atoms with Gasteiger partial charge in [0.25, 0.3) is 5.91 Å². The molecular formula is C21H33N3O3. The Morgan fingerprint density at radius 3 is 2.33 bits per heavy atom. The van der Waals surface area contributed by atoms with E-state index in [1.54, 1.807) is 0 Å². The normalized spacial score (nSPS) is 16.1. The van der Waals surface area contributed by atoms with Crippen LogP contribution in [0.15, 0.2) is 24.3 Å². The Morgan fingerprint density at radius 1 is 1.07 bits per heavy atom. The van der Waals surface area contributed by atoms with Crippen LogP contribution in [0.3, 0.4) is 0 Å². The number of nitrogens with one attached hydrogen (secondary N) is 1. The van der Waals surface area contributed by atoms with Gasteiger partial charge in [-0.25, -0.2) is 0 Å². The molecular weight excluding hydrogens is 342 g/mol. The number of rotatable bonds is 5. The number of hydrogen-bond donors (Lipinski definition) is 1. The number of nitrogens with zero attached hydrogens (tertiary/aromatic N) is 2. The topological polar surface area (TPSA) is 61.9 Å². The van der Waals surface area contributed by atoms with E-state index in [-0.39, 0.29) is 23.5 Å². The molecule has 1 aliphatic rings. The van der Waals surface area contributed by atoms with Crippen molar-refractivity contribution in [2.24, 2.45) is 0 Å². The van der Waals surface area contributed by atoms with Crippen LogP contribution in [0.25, 0.3) is 0 Å². The highest BCUT2D eigenvalue weighted by molar-refractivity contribution is 5.94. The molecule has 0 atom stereocenters. The summed E-state index contributed by atoms with van der Waals surface area (Å²) in [5, 5.41) is 2.99.